The minimum atomic E-state index is -1.20. The van der Waals surface area contributed by atoms with Crippen molar-refractivity contribution in [3.8, 4) is 0 Å². The Kier molecular flexibility index (Phi) is 7.75. The molecule has 1 N–H and O–H groups in total. The molecule has 0 radical (unpaired) electrons. The number of carbonyl (C=O) groups excluding carboxylic acids is 3. The number of hydrogen-bond donors (Lipinski definition) is 1. The number of urea groups is 1. The summed E-state index contributed by atoms with van der Waals surface area (Å²) in [6, 6.07) is 7.04. The number of methoxy groups -OCH3 is 2. The Morgan fingerprint density at radius 3 is 2.14 bits per heavy atom. The molecule has 1 aliphatic rings. The monoisotopic (exact) mass is 405 g/mol. The molecule has 8 nitrogen and oxygen atoms in total. The lowest BCUT2D eigenvalue weighted by molar-refractivity contribution is -0.139. The van der Waals surface area contributed by atoms with Crippen molar-refractivity contribution in [3.05, 3.63) is 35.4 Å². The number of nitrogens with one attached hydrogen (secondary N) is 1. The van der Waals surface area contributed by atoms with Gasteiger partial charge in [0.1, 0.15) is 12.1 Å². The summed E-state index contributed by atoms with van der Waals surface area (Å²) < 4.78 is 10.1. The van der Waals surface area contributed by atoms with Crippen LogP contribution in [-0.4, -0.2) is 74.7 Å². The van der Waals surface area contributed by atoms with Crippen LogP contribution in [0.5, 0.6) is 0 Å². The van der Waals surface area contributed by atoms with Gasteiger partial charge in [-0.2, -0.15) is 0 Å². The number of benzene rings is 1. The maximum absolute atomic E-state index is 13.1. The molecule has 0 spiro atoms. The Morgan fingerprint density at radius 2 is 1.66 bits per heavy atom. The molecule has 0 aromatic heterocycles. The molecule has 1 aliphatic heterocycles. The Labute approximate surface area is 172 Å². The third kappa shape index (κ3) is 5.13. The molecular weight excluding hydrogens is 374 g/mol. The van der Waals surface area contributed by atoms with E-state index in [1.54, 1.807) is 21.1 Å². The summed E-state index contributed by atoms with van der Waals surface area (Å²) in [6.45, 7) is 6.95. The molecule has 1 heterocycles. The molecule has 8 heteroatoms. The second-order valence-electron chi connectivity index (χ2n) is 7.59. The van der Waals surface area contributed by atoms with Crippen molar-refractivity contribution in [2.75, 3.05) is 47.1 Å². The number of imide groups is 1. The molecule has 0 aliphatic carbocycles. The molecular formula is C21H31N3O5. The second kappa shape index (κ2) is 9.84. The maximum atomic E-state index is 13.1. The van der Waals surface area contributed by atoms with Gasteiger partial charge in [0.25, 0.3) is 5.91 Å². The second-order valence-corrected chi connectivity index (χ2v) is 7.59. The van der Waals surface area contributed by atoms with Crippen molar-refractivity contribution in [1.29, 1.82) is 0 Å². The van der Waals surface area contributed by atoms with Gasteiger partial charge in [-0.3, -0.25) is 14.5 Å². The van der Waals surface area contributed by atoms with Gasteiger partial charge in [0, 0.05) is 27.3 Å². The summed E-state index contributed by atoms with van der Waals surface area (Å²) >= 11 is 0. The lowest BCUT2D eigenvalue weighted by atomic mass is 9.90. The van der Waals surface area contributed by atoms with Crippen LogP contribution in [0.2, 0.25) is 0 Å². The highest BCUT2D eigenvalue weighted by molar-refractivity contribution is 6.09. The normalized spacial score (nSPS) is 19.0. The molecule has 0 unspecified atom stereocenters. The summed E-state index contributed by atoms with van der Waals surface area (Å²) in [5.74, 6) is -0.404. The molecule has 1 aromatic rings. The minimum Gasteiger partial charge on any atom is -0.383 e. The SMILES string of the molecule is COCCN(CCOC)C(=O)CN1C(=O)N[C@@](C)(c2ccc(C(C)C)cc2)C1=O. The van der Waals surface area contributed by atoms with Crippen LogP contribution < -0.4 is 5.32 Å². The van der Waals surface area contributed by atoms with E-state index < -0.39 is 17.5 Å². The Hall–Kier alpha value is -2.45. The summed E-state index contributed by atoms with van der Waals surface area (Å²) in [5.41, 5.74) is 0.635. The zero-order valence-electron chi connectivity index (χ0n) is 17.9. The van der Waals surface area contributed by atoms with Crippen LogP contribution in [0.3, 0.4) is 0 Å². The molecule has 1 saturated heterocycles. The van der Waals surface area contributed by atoms with E-state index in [2.05, 4.69) is 19.2 Å². The number of ether oxygens (including phenoxy) is 2. The summed E-state index contributed by atoms with van der Waals surface area (Å²) in [5, 5.41) is 2.74. The highest BCUT2D eigenvalue weighted by Crippen LogP contribution is 2.30. The van der Waals surface area contributed by atoms with Crippen molar-refractivity contribution in [2.45, 2.75) is 32.2 Å². The van der Waals surface area contributed by atoms with E-state index in [0.29, 0.717) is 37.8 Å². The first-order valence-electron chi connectivity index (χ1n) is 9.74. The van der Waals surface area contributed by atoms with E-state index in [0.717, 1.165) is 10.5 Å². The minimum absolute atomic E-state index is 0.322. The van der Waals surface area contributed by atoms with Gasteiger partial charge >= 0.3 is 6.03 Å². The van der Waals surface area contributed by atoms with E-state index in [4.69, 9.17) is 9.47 Å². The topological polar surface area (TPSA) is 88.2 Å². The summed E-state index contributed by atoms with van der Waals surface area (Å²) in [7, 11) is 3.10. The number of amides is 4. The van der Waals surface area contributed by atoms with Gasteiger partial charge in [-0.1, -0.05) is 38.1 Å². The first-order chi connectivity index (χ1) is 13.7. The van der Waals surface area contributed by atoms with Gasteiger partial charge in [0.15, 0.2) is 0 Å². The van der Waals surface area contributed by atoms with Crippen LogP contribution in [0.25, 0.3) is 0 Å². The lowest BCUT2D eigenvalue weighted by Crippen LogP contribution is -2.46. The third-order valence-electron chi connectivity index (χ3n) is 5.21. The van der Waals surface area contributed by atoms with Crippen molar-refractivity contribution in [2.24, 2.45) is 0 Å². The molecule has 2 rings (SSSR count). The summed E-state index contributed by atoms with van der Waals surface area (Å²) in [4.78, 5) is 40.8. The van der Waals surface area contributed by atoms with Crippen molar-refractivity contribution < 1.29 is 23.9 Å². The predicted molar refractivity (Wildman–Crippen MR) is 108 cm³/mol. The molecule has 1 aromatic carbocycles. The maximum Gasteiger partial charge on any atom is 0.325 e. The van der Waals surface area contributed by atoms with Gasteiger partial charge in [0.05, 0.1) is 13.2 Å². The van der Waals surface area contributed by atoms with E-state index in [1.807, 2.05) is 24.3 Å². The Bertz CT molecular complexity index is 726. The van der Waals surface area contributed by atoms with Crippen LogP contribution in [0, 0.1) is 0 Å². The zero-order chi connectivity index (χ0) is 21.6. The molecule has 0 bridgehead atoms. The van der Waals surface area contributed by atoms with Gasteiger partial charge in [-0.05, 0) is 24.0 Å². The first-order valence-corrected chi connectivity index (χ1v) is 9.74. The van der Waals surface area contributed by atoms with Gasteiger partial charge in [-0.15, -0.1) is 0 Å². The van der Waals surface area contributed by atoms with E-state index in [-0.39, 0.29) is 12.5 Å². The molecule has 160 valence electrons. The number of carbonyl (C=O) groups is 3. The molecule has 1 atom stereocenters. The van der Waals surface area contributed by atoms with Crippen LogP contribution in [0.4, 0.5) is 4.79 Å². The quantitative estimate of drug-likeness (QED) is 0.599. The predicted octanol–water partition coefficient (Wildman–Crippen LogP) is 1.70. The Morgan fingerprint density at radius 1 is 1.10 bits per heavy atom. The summed E-state index contributed by atoms with van der Waals surface area (Å²) in [6.07, 6.45) is 0. The standard InChI is InChI=1S/C21H31N3O5/c1-15(2)16-6-8-17(9-7-16)21(3)19(26)24(20(27)22-21)14-18(25)23(10-12-28-4)11-13-29-5/h6-9,15H,10-14H2,1-5H3,(H,22,27)/t21-/m0/s1. The van der Waals surface area contributed by atoms with Gasteiger partial charge in [0.2, 0.25) is 5.91 Å². The average molecular weight is 405 g/mol. The third-order valence-corrected chi connectivity index (χ3v) is 5.21. The smallest absolute Gasteiger partial charge is 0.325 e. The molecule has 1 fully saturated rings. The van der Waals surface area contributed by atoms with E-state index >= 15 is 0 Å². The average Bonchev–Trinajstić information content (AvgIpc) is 2.92. The lowest BCUT2D eigenvalue weighted by Gasteiger charge is -2.25. The zero-order valence-corrected chi connectivity index (χ0v) is 17.9. The number of hydrogen-bond acceptors (Lipinski definition) is 5. The highest BCUT2D eigenvalue weighted by atomic mass is 16.5. The van der Waals surface area contributed by atoms with E-state index in [9.17, 15) is 14.4 Å². The van der Waals surface area contributed by atoms with Crippen LogP contribution in [-0.2, 0) is 24.6 Å². The number of rotatable bonds is 10. The van der Waals surface area contributed by atoms with Crippen LogP contribution in [0.1, 0.15) is 37.8 Å². The van der Waals surface area contributed by atoms with E-state index in [1.165, 1.54) is 4.90 Å². The van der Waals surface area contributed by atoms with Crippen LogP contribution >= 0.6 is 0 Å². The van der Waals surface area contributed by atoms with Crippen molar-refractivity contribution >= 4 is 17.8 Å². The number of nitrogens with zero attached hydrogens (tertiary/aromatic N) is 2. The Balaban J connectivity index is 2.15. The molecule has 29 heavy (non-hydrogen) atoms. The highest BCUT2D eigenvalue weighted by Gasteiger charge is 2.49. The fraction of sp³-hybridized carbons (Fsp3) is 0.571. The van der Waals surface area contributed by atoms with Crippen molar-refractivity contribution in [1.82, 2.24) is 15.1 Å². The van der Waals surface area contributed by atoms with Gasteiger partial charge in [-0.25, -0.2) is 4.79 Å². The molecule has 4 amide bonds. The van der Waals surface area contributed by atoms with Gasteiger partial charge < -0.3 is 19.7 Å². The molecule has 0 saturated carbocycles. The van der Waals surface area contributed by atoms with Crippen molar-refractivity contribution in [3.63, 3.8) is 0 Å². The fourth-order valence-electron chi connectivity index (χ4n) is 3.24. The fourth-order valence-corrected chi connectivity index (χ4v) is 3.24. The largest absolute Gasteiger partial charge is 0.383 e. The van der Waals surface area contributed by atoms with Crippen LogP contribution in [0.15, 0.2) is 24.3 Å². The first kappa shape index (κ1) is 22.8.